The van der Waals surface area contributed by atoms with Gasteiger partial charge in [-0.3, -0.25) is 14.5 Å². The molecule has 120 valence electrons. The van der Waals surface area contributed by atoms with Gasteiger partial charge in [0.15, 0.2) is 10.7 Å². The van der Waals surface area contributed by atoms with Crippen LogP contribution in [0.5, 0.6) is 0 Å². The molecule has 0 aliphatic rings. The highest BCUT2D eigenvalue weighted by Gasteiger charge is 2.22. The SMILES string of the molecule is C=C(/C(=C\C=C/C)c1csc2nc(C(=O)OCC)cn12)[N+](=O)[O-]. The molecular formula is C15H15N3O4S. The summed E-state index contributed by atoms with van der Waals surface area (Å²) in [4.78, 5) is 27.0. The zero-order valence-corrected chi connectivity index (χ0v) is 13.5. The molecule has 0 aromatic carbocycles. The molecule has 0 radical (unpaired) electrons. The fourth-order valence-electron chi connectivity index (χ4n) is 1.90. The number of allylic oxidation sites excluding steroid dienone is 4. The van der Waals surface area contributed by atoms with Gasteiger partial charge in [0.25, 0.3) is 5.70 Å². The van der Waals surface area contributed by atoms with Gasteiger partial charge in [-0.2, -0.15) is 0 Å². The zero-order valence-electron chi connectivity index (χ0n) is 12.7. The van der Waals surface area contributed by atoms with Crippen molar-refractivity contribution in [1.29, 1.82) is 0 Å². The zero-order chi connectivity index (χ0) is 17.0. The van der Waals surface area contributed by atoms with E-state index in [4.69, 9.17) is 4.74 Å². The molecule has 0 amide bonds. The number of hydrogen-bond donors (Lipinski definition) is 0. The molecule has 0 saturated carbocycles. The van der Waals surface area contributed by atoms with E-state index in [1.807, 2.05) is 6.92 Å². The Labute approximate surface area is 136 Å². The van der Waals surface area contributed by atoms with Crippen LogP contribution in [0.3, 0.4) is 0 Å². The van der Waals surface area contributed by atoms with Crippen molar-refractivity contribution >= 4 is 27.8 Å². The number of nitro groups is 1. The summed E-state index contributed by atoms with van der Waals surface area (Å²) >= 11 is 1.28. The third-order valence-corrected chi connectivity index (χ3v) is 3.80. The van der Waals surface area contributed by atoms with E-state index < -0.39 is 10.9 Å². The molecule has 2 rings (SSSR count). The average molecular weight is 333 g/mol. The Kier molecular flexibility index (Phi) is 5.07. The lowest BCUT2D eigenvalue weighted by Gasteiger charge is -2.02. The molecule has 2 aromatic rings. The van der Waals surface area contributed by atoms with Gasteiger partial charge in [-0.05, 0) is 26.5 Å². The highest BCUT2D eigenvalue weighted by atomic mass is 32.1. The van der Waals surface area contributed by atoms with Crippen LogP contribution < -0.4 is 0 Å². The molecule has 0 saturated heterocycles. The molecule has 0 N–H and O–H groups in total. The highest BCUT2D eigenvalue weighted by molar-refractivity contribution is 7.15. The minimum atomic E-state index is -0.540. The van der Waals surface area contributed by atoms with Gasteiger partial charge in [0.2, 0.25) is 0 Å². The van der Waals surface area contributed by atoms with E-state index in [2.05, 4.69) is 11.6 Å². The maximum Gasteiger partial charge on any atom is 0.358 e. The molecule has 23 heavy (non-hydrogen) atoms. The molecule has 2 aromatic heterocycles. The maximum atomic E-state index is 11.8. The smallest absolute Gasteiger partial charge is 0.358 e. The van der Waals surface area contributed by atoms with Crippen molar-refractivity contribution in [2.24, 2.45) is 0 Å². The van der Waals surface area contributed by atoms with Gasteiger partial charge in [0.05, 0.1) is 22.8 Å². The molecule has 0 aliphatic heterocycles. The maximum absolute atomic E-state index is 11.8. The summed E-state index contributed by atoms with van der Waals surface area (Å²) in [6.45, 7) is 7.29. The van der Waals surface area contributed by atoms with Gasteiger partial charge in [-0.15, -0.1) is 11.3 Å². The van der Waals surface area contributed by atoms with Crippen molar-refractivity contribution in [2.45, 2.75) is 13.8 Å². The average Bonchev–Trinajstić information content (AvgIpc) is 3.09. The first-order valence-corrected chi connectivity index (χ1v) is 7.68. The summed E-state index contributed by atoms with van der Waals surface area (Å²) in [6.07, 6.45) is 6.57. The fourth-order valence-corrected chi connectivity index (χ4v) is 2.77. The molecule has 0 fully saturated rings. The number of nitrogens with zero attached hydrogens (tertiary/aromatic N) is 3. The Morgan fingerprint density at radius 3 is 2.96 bits per heavy atom. The van der Waals surface area contributed by atoms with Crippen molar-refractivity contribution < 1.29 is 14.5 Å². The van der Waals surface area contributed by atoms with E-state index in [1.165, 1.54) is 17.5 Å². The number of ether oxygens (including phenoxy) is 1. The summed E-state index contributed by atoms with van der Waals surface area (Å²) < 4.78 is 6.54. The summed E-state index contributed by atoms with van der Waals surface area (Å²) in [6, 6.07) is 0. The van der Waals surface area contributed by atoms with E-state index in [9.17, 15) is 14.9 Å². The number of rotatable bonds is 6. The highest BCUT2D eigenvalue weighted by Crippen LogP contribution is 2.28. The van der Waals surface area contributed by atoms with E-state index in [0.717, 1.165) is 0 Å². The van der Waals surface area contributed by atoms with Crippen LogP contribution in [0.15, 0.2) is 42.1 Å². The van der Waals surface area contributed by atoms with Crippen molar-refractivity contribution in [1.82, 2.24) is 9.38 Å². The van der Waals surface area contributed by atoms with Gasteiger partial charge < -0.3 is 4.74 Å². The molecular weight excluding hydrogens is 318 g/mol. The molecule has 0 unspecified atom stereocenters. The number of thiazole rings is 1. The Hall–Kier alpha value is -2.74. The Morgan fingerprint density at radius 2 is 2.35 bits per heavy atom. The molecule has 0 atom stereocenters. The molecule has 7 nitrogen and oxygen atoms in total. The molecule has 0 spiro atoms. The van der Waals surface area contributed by atoms with Crippen LogP contribution in [-0.4, -0.2) is 26.9 Å². The van der Waals surface area contributed by atoms with E-state index >= 15 is 0 Å². The second-order valence-electron chi connectivity index (χ2n) is 4.43. The van der Waals surface area contributed by atoms with E-state index in [0.29, 0.717) is 16.2 Å². The number of esters is 1. The summed E-state index contributed by atoms with van der Waals surface area (Å²) in [7, 11) is 0. The normalized spacial score (nSPS) is 12.0. The standard InChI is InChI=1S/C15H15N3O4S/c1-4-6-7-11(10(3)18(20)21)13-9-23-15-16-12(8-17(13)15)14(19)22-5-2/h4,6-9H,3,5H2,1-2H3/b6-4-,11-7+. The van der Waals surface area contributed by atoms with Crippen LogP contribution >= 0.6 is 11.3 Å². The number of imidazole rings is 1. The van der Waals surface area contributed by atoms with Gasteiger partial charge >= 0.3 is 5.97 Å². The van der Waals surface area contributed by atoms with Gasteiger partial charge in [-0.25, -0.2) is 9.78 Å². The topological polar surface area (TPSA) is 86.7 Å². The third-order valence-electron chi connectivity index (χ3n) is 2.96. The minimum Gasteiger partial charge on any atom is -0.461 e. The molecule has 2 heterocycles. The summed E-state index contributed by atoms with van der Waals surface area (Å²) in [5.74, 6) is -0.526. The fraction of sp³-hybridized carbons (Fsp3) is 0.200. The Bertz CT molecular complexity index is 829. The first kappa shape index (κ1) is 16.6. The van der Waals surface area contributed by atoms with E-state index in [-0.39, 0.29) is 18.0 Å². The molecule has 0 bridgehead atoms. The largest absolute Gasteiger partial charge is 0.461 e. The Balaban J connectivity index is 2.54. The van der Waals surface area contributed by atoms with Gasteiger partial charge in [0, 0.05) is 11.6 Å². The first-order chi connectivity index (χ1) is 11.0. The van der Waals surface area contributed by atoms with Gasteiger partial charge in [-0.1, -0.05) is 12.2 Å². The van der Waals surface area contributed by atoms with Crippen LogP contribution in [0.25, 0.3) is 10.5 Å². The number of aromatic nitrogens is 2. The van der Waals surface area contributed by atoms with Gasteiger partial charge in [0.1, 0.15) is 0 Å². The third kappa shape index (κ3) is 3.37. The lowest BCUT2D eigenvalue weighted by Crippen LogP contribution is -2.05. The summed E-state index contributed by atoms with van der Waals surface area (Å²) in [5.41, 5.74) is 0.839. The van der Waals surface area contributed by atoms with Crippen molar-refractivity contribution in [3.63, 3.8) is 0 Å². The molecule has 0 aliphatic carbocycles. The number of hydrogen-bond acceptors (Lipinski definition) is 6. The van der Waals surface area contributed by atoms with Crippen LogP contribution in [0.4, 0.5) is 0 Å². The second-order valence-corrected chi connectivity index (χ2v) is 5.27. The lowest BCUT2D eigenvalue weighted by atomic mass is 10.1. The first-order valence-electron chi connectivity index (χ1n) is 6.80. The monoisotopic (exact) mass is 333 g/mol. The number of carbonyl (C=O) groups is 1. The van der Waals surface area contributed by atoms with Crippen molar-refractivity contribution in [3.8, 4) is 0 Å². The lowest BCUT2D eigenvalue weighted by molar-refractivity contribution is -0.416. The minimum absolute atomic E-state index is 0.164. The van der Waals surface area contributed by atoms with Crippen LogP contribution in [0, 0.1) is 10.1 Å². The van der Waals surface area contributed by atoms with E-state index in [1.54, 1.807) is 34.9 Å². The number of fused-ring (bicyclic) bond motifs is 1. The second kappa shape index (κ2) is 7.01. The Morgan fingerprint density at radius 1 is 1.61 bits per heavy atom. The van der Waals surface area contributed by atoms with Crippen LogP contribution in [0.1, 0.15) is 30.0 Å². The predicted molar refractivity (Wildman–Crippen MR) is 88.0 cm³/mol. The molecule has 8 heteroatoms. The predicted octanol–water partition coefficient (Wildman–Crippen LogP) is 3.32. The summed E-state index contributed by atoms with van der Waals surface area (Å²) in [5, 5.41) is 12.8. The number of carbonyl (C=O) groups excluding carboxylic acids is 1. The quantitative estimate of drug-likeness (QED) is 0.350. The van der Waals surface area contributed by atoms with Crippen molar-refractivity contribution in [3.05, 3.63) is 63.6 Å². The van der Waals surface area contributed by atoms with Crippen LogP contribution in [-0.2, 0) is 4.74 Å². The van der Waals surface area contributed by atoms with Crippen molar-refractivity contribution in [2.75, 3.05) is 6.61 Å². The van der Waals surface area contributed by atoms with Crippen LogP contribution in [0.2, 0.25) is 0 Å².